The molecule has 8 nitrogen and oxygen atoms in total. The van der Waals surface area contributed by atoms with Gasteiger partial charge in [-0.1, -0.05) is 43.2 Å². The molecule has 160 valence electrons. The molecule has 8 heteroatoms. The summed E-state index contributed by atoms with van der Waals surface area (Å²) in [5.74, 6) is 4.88. The van der Waals surface area contributed by atoms with Crippen LogP contribution in [0.2, 0.25) is 0 Å². The average molecular weight is 419 g/mol. The van der Waals surface area contributed by atoms with E-state index in [2.05, 4.69) is 22.0 Å². The van der Waals surface area contributed by atoms with Gasteiger partial charge in [-0.25, -0.2) is 0 Å². The second-order valence-corrected chi connectivity index (χ2v) is 7.28. The third kappa shape index (κ3) is 4.51. The van der Waals surface area contributed by atoms with Crippen LogP contribution in [0.15, 0.2) is 53.6 Å². The van der Waals surface area contributed by atoms with E-state index in [0.29, 0.717) is 5.69 Å². The first kappa shape index (κ1) is 21.8. The van der Waals surface area contributed by atoms with E-state index in [9.17, 15) is 14.7 Å². The highest BCUT2D eigenvalue weighted by Gasteiger charge is 2.30. The standard InChI is InChI=1S/C23H25N5O3/c1-5-6-12-18-13-14-27(25-18)20(17-10-8-7-9-11-17)16(2)28-21(23(31)26(3)4)22(30)19(29)15-24-28/h7-11,13-16,20,30H,5H2,1-4H3/t16-,20+/m1/s1. The molecule has 0 bridgehead atoms. The zero-order valence-corrected chi connectivity index (χ0v) is 18.0. The number of rotatable bonds is 5. The van der Waals surface area contributed by atoms with Crippen molar-refractivity contribution in [1.82, 2.24) is 24.5 Å². The number of aromatic nitrogens is 4. The van der Waals surface area contributed by atoms with Crippen molar-refractivity contribution in [2.45, 2.75) is 32.4 Å². The Morgan fingerprint density at radius 3 is 2.58 bits per heavy atom. The molecule has 0 aliphatic carbocycles. The lowest BCUT2D eigenvalue weighted by molar-refractivity contribution is 0.0804. The lowest BCUT2D eigenvalue weighted by atomic mass is 10.00. The van der Waals surface area contributed by atoms with Crippen molar-refractivity contribution in [3.05, 3.63) is 76.0 Å². The Kier molecular flexibility index (Phi) is 6.55. The van der Waals surface area contributed by atoms with E-state index in [1.807, 2.05) is 56.4 Å². The summed E-state index contributed by atoms with van der Waals surface area (Å²) in [6, 6.07) is 10.6. The van der Waals surface area contributed by atoms with Crippen molar-refractivity contribution < 1.29 is 9.90 Å². The first-order chi connectivity index (χ1) is 14.8. The first-order valence-corrected chi connectivity index (χ1v) is 9.96. The van der Waals surface area contributed by atoms with Gasteiger partial charge in [0, 0.05) is 26.7 Å². The molecule has 3 rings (SSSR count). The summed E-state index contributed by atoms with van der Waals surface area (Å²) in [4.78, 5) is 26.1. The van der Waals surface area contributed by atoms with Gasteiger partial charge in [0.2, 0.25) is 5.43 Å². The molecule has 1 aromatic carbocycles. The molecule has 0 unspecified atom stereocenters. The molecule has 1 amide bonds. The fourth-order valence-corrected chi connectivity index (χ4v) is 3.35. The van der Waals surface area contributed by atoms with Gasteiger partial charge in [0.1, 0.15) is 5.69 Å². The molecule has 0 saturated heterocycles. The summed E-state index contributed by atoms with van der Waals surface area (Å²) in [5, 5.41) is 19.2. The summed E-state index contributed by atoms with van der Waals surface area (Å²) in [6.45, 7) is 3.83. The van der Waals surface area contributed by atoms with Crippen LogP contribution in [0.1, 0.15) is 54.1 Å². The van der Waals surface area contributed by atoms with E-state index in [1.165, 1.54) is 9.58 Å². The predicted octanol–water partition coefficient (Wildman–Crippen LogP) is 2.46. The molecule has 31 heavy (non-hydrogen) atoms. The van der Waals surface area contributed by atoms with Crippen LogP contribution in [0, 0.1) is 11.8 Å². The minimum absolute atomic E-state index is 0.163. The van der Waals surface area contributed by atoms with Crippen molar-refractivity contribution in [1.29, 1.82) is 0 Å². The highest BCUT2D eigenvalue weighted by Crippen LogP contribution is 2.31. The molecule has 0 radical (unpaired) electrons. The predicted molar refractivity (Wildman–Crippen MR) is 117 cm³/mol. The summed E-state index contributed by atoms with van der Waals surface area (Å²) >= 11 is 0. The summed E-state index contributed by atoms with van der Waals surface area (Å²) in [7, 11) is 3.10. The topological polar surface area (TPSA) is 93.2 Å². The highest BCUT2D eigenvalue weighted by atomic mass is 16.3. The Morgan fingerprint density at radius 1 is 1.23 bits per heavy atom. The van der Waals surface area contributed by atoms with E-state index in [-0.39, 0.29) is 11.7 Å². The second kappa shape index (κ2) is 9.30. The smallest absolute Gasteiger partial charge is 0.275 e. The Labute approximate surface area is 180 Å². The fourth-order valence-electron chi connectivity index (χ4n) is 3.35. The van der Waals surface area contributed by atoms with Crippen molar-refractivity contribution in [3.63, 3.8) is 0 Å². The number of amides is 1. The molecule has 2 atom stereocenters. The van der Waals surface area contributed by atoms with Crippen LogP contribution in [0.5, 0.6) is 5.75 Å². The van der Waals surface area contributed by atoms with Gasteiger partial charge in [0.05, 0.1) is 18.3 Å². The molecular weight excluding hydrogens is 394 g/mol. The number of benzene rings is 1. The molecule has 0 aliphatic rings. The molecule has 0 fully saturated rings. The van der Waals surface area contributed by atoms with E-state index in [1.54, 1.807) is 18.8 Å². The van der Waals surface area contributed by atoms with Gasteiger partial charge < -0.3 is 10.0 Å². The van der Waals surface area contributed by atoms with Crippen LogP contribution >= 0.6 is 0 Å². The van der Waals surface area contributed by atoms with Gasteiger partial charge in [-0.15, -0.1) is 0 Å². The quantitative estimate of drug-likeness (QED) is 0.641. The number of aromatic hydroxyl groups is 1. The van der Waals surface area contributed by atoms with Crippen LogP contribution in [-0.2, 0) is 0 Å². The molecular formula is C23H25N5O3. The van der Waals surface area contributed by atoms with E-state index < -0.39 is 23.1 Å². The summed E-state index contributed by atoms with van der Waals surface area (Å²) < 4.78 is 3.15. The minimum atomic E-state index is -0.707. The number of nitrogens with zero attached hydrogens (tertiary/aromatic N) is 5. The number of carbonyl (C=O) groups is 1. The van der Waals surface area contributed by atoms with Crippen LogP contribution < -0.4 is 5.43 Å². The number of hydrogen-bond acceptors (Lipinski definition) is 5. The third-order valence-electron chi connectivity index (χ3n) is 4.87. The van der Waals surface area contributed by atoms with Crippen LogP contribution in [0.4, 0.5) is 0 Å². The van der Waals surface area contributed by atoms with E-state index in [4.69, 9.17) is 0 Å². The Morgan fingerprint density at radius 2 is 1.94 bits per heavy atom. The Bertz CT molecular complexity index is 1190. The van der Waals surface area contributed by atoms with Crippen molar-refractivity contribution in [2.75, 3.05) is 14.1 Å². The molecule has 3 aromatic rings. The van der Waals surface area contributed by atoms with E-state index >= 15 is 0 Å². The molecule has 0 aliphatic heterocycles. The van der Waals surface area contributed by atoms with Crippen LogP contribution in [-0.4, -0.2) is 49.6 Å². The second-order valence-electron chi connectivity index (χ2n) is 7.28. The first-order valence-electron chi connectivity index (χ1n) is 9.96. The number of carbonyl (C=O) groups excluding carboxylic acids is 1. The summed E-state index contributed by atoms with van der Waals surface area (Å²) in [6.07, 6.45) is 3.56. The SMILES string of the molecule is CCC#Cc1ccn([C@H](c2ccccc2)[C@@H](C)n2ncc(=O)c(O)c2C(=O)N(C)C)n1. The van der Waals surface area contributed by atoms with E-state index in [0.717, 1.165) is 18.2 Å². The summed E-state index contributed by atoms with van der Waals surface area (Å²) in [5.41, 5.74) is 0.692. The van der Waals surface area contributed by atoms with Crippen molar-refractivity contribution in [2.24, 2.45) is 0 Å². The minimum Gasteiger partial charge on any atom is -0.502 e. The fraction of sp³-hybridized carbons (Fsp3) is 0.304. The zero-order valence-electron chi connectivity index (χ0n) is 18.0. The van der Waals surface area contributed by atoms with Crippen molar-refractivity contribution in [3.8, 4) is 17.6 Å². The van der Waals surface area contributed by atoms with Gasteiger partial charge >= 0.3 is 0 Å². The van der Waals surface area contributed by atoms with Gasteiger partial charge in [-0.2, -0.15) is 10.2 Å². The molecule has 1 N–H and O–H groups in total. The maximum atomic E-state index is 12.8. The highest BCUT2D eigenvalue weighted by molar-refractivity contribution is 5.94. The third-order valence-corrected chi connectivity index (χ3v) is 4.87. The molecule has 2 aromatic heterocycles. The largest absolute Gasteiger partial charge is 0.502 e. The Hall–Kier alpha value is -3.86. The normalized spacial score (nSPS) is 12.5. The maximum Gasteiger partial charge on any atom is 0.275 e. The van der Waals surface area contributed by atoms with Crippen LogP contribution in [0.25, 0.3) is 0 Å². The van der Waals surface area contributed by atoms with Crippen molar-refractivity contribution >= 4 is 5.91 Å². The molecule has 0 spiro atoms. The van der Waals surface area contributed by atoms with Gasteiger partial charge in [0.25, 0.3) is 5.91 Å². The molecule has 2 heterocycles. The average Bonchev–Trinajstić information content (AvgIpc) is 3.22. The van der Waals surface area contributed by atoms with Gasteiger partial charge in [-0.05, 0) is 24.5 Å². The lowest BCUT2D eigenvalue weighted by Gasteiger charge is -2.28. The van der Waals surface area contributed by atoms with Crippen LogP contribution in [0.3, 0.4) is 0 Å². The zero-order chi connectivity index (χ0) is 22.5. The van der Waals surface area contributed by atoms with Gasteiger partial charge in [-0.3, -0.25) is 19.0 Å². The van der Waals surface area contributed by atoms with Gasteiger partial charge in [0.15, 0.2) is 11.4 Å². The Balaban J connectivity index is 2.17. The number of hydrogen-bond donors (Lipinski definition) is 1. The lowest BCUT2D eigenvalue weighted by Crippen LogP contribution is -2.33. The maximum absolute atomic E-state index is 12.8. The monoisotopic (exact) mass is 419 g/mol. The molecule has 0 saturated carbocycles.